The number of hydrogen-bond donors (Lipinski definition) is 1. The molecule has 32 heavy (non-hydrogen) atoms. The van der Waals surface area contributed by atoms with Crippen LogP contribution in [0, 0.1) is 12.7 Å². The smallest absolute Gasteiger partial charge is 0.259 e. The Hall–Kier alpha value is -2.83. The van der Waals surface area contributed by atoms with Gasteiger partial charge in [-0.2, -0.15) is 0 Å². The van der Waals surface area contributed by atoms with E-state index in [1.165, 1.54) is 6.07 Å². The van der Waals surface area contributed by atoms with Crippen LogP contribution in [0.3, 0.4) is 0 Å². The van der Waals surface area contributed by atoms with E-state index in [2.05, 4.69) is 4.90 Å². The molecule has 5 nitrogen and oxygen atoms in total. The van der Waals surface area contributed by atoms with Gasteiger partial charge in [-0.3, -0.25) is 9.69 Å². The van der Waals surface area contributed by atoms with Crippen LogP contribution in [0.4, 0.5) is 10.1 Å². The first-order valence-corrected chi connectivity index (χ1v) is 11.2. The number of hydrogen-bond acceptors (Lipinski definition) is 4. The molecule has 168 valence electrons. The van der Waals surface area contributed by atoms with E-state index in [1.807, 2.05) is 43.0 Å². The maximum atomic E-state index is 14.3. The van der Waals surface area contributed by atoms with E-state index in [-0.39, 0.29) is 17.1 Å². The third-order valence-corrected chi connectivity index (χ3v) is 6.38. The van der Waals surface area contributed by atoms with Gasteiger partial charge in [0.15, 0.2) is 0 Å². The fourth-order valence-corrected chi connectivity index (χ4v) is 4.78. The lowest BCUT2D eigenvalue weighted by Crippen LogP contribution is -2.49. The number of anilines is 1. The molecule has 7 heteroatoms. The van der Waals surface area contributed by atoms with Crippen LogP contribution in [0.15, 0.2) is 59.4 Å². The van der Waals surface area contributed by atoms with Gasteiger partial charge in [0, 0.05) is 43.4 Å². The van der Waals surface area contributed by atoms with Crippen molar-refractivity contribution in [3.8, 4) is 5.75 Å². The molecule has 1 atom stereocenters. The molecule has 0 unspecified atom stereocenters. The Balaban J connectivity index is 1.73. The topological polar surface area (TPSA) is 48.7 Å². The summed E-state index contributed by atoms with van der Waals surface area (Å²) in [6.07, 6.45) is 0. The number of aromatic hydroxyl groups is 1. The van der Waals surface area contributed by atoms with E-state index in [0.717, 1.165) is 5.56 Å². The first-order chi connectivity index (χ1) is 15.4. The first-order valence-electron chi connectivity index (χ1n) is 10.8. The zero-order chi connectivity index (χ0) is 22.8. The number of benzene rings is 2. The van der Waals surface area contributed by atoms with Crippen molar-refractivity contribution in [2.75, 3.05) is 31.1 Å². The lowest BCUT2D eigenvalue weighted by Gasteiger charge is -2.40. The Kier molecular flexibility index (Phi) is 6.53. The Bertz CT molecular complexity index is 1170. The zero-order valence-electron chi connectivity index (χ0n) is 18.3. The second-order valence-corrected chi connectivity index (χ2v) is 8.50. The normalized spacial score (nSPS) is 15.7. The molecule has 1 fully saturated rings. The number of pyridine rings is 1. The van der Waals surface area contributed by atoms with E-state index < -0.39 is 6.04 Å². The van der Waals surface area contributed by atoms with E-state index in [9.17, 15) is 14.3 Å². The van der Waals surface area contributed by atoms with Crippen molar-refractivity contribution in [2.45, 2.75) is 26.4 Å². The Labute approximate surface area is 192 Å². The lowest BCUT2D eigenvalue weighted by atomic mass is 9.96. The fourth-order valence-electron chi connectivity index (χ4n) is 4.58. The number of nitrogens with zero attached hydrogens (tertiary/aromatic N) is 3. The van der Waals surface area contributed by atoms with Crippen LogP contribution in [-0.4, -0.2) is 40.8 Å². The molecule has 0 spiro atoms. The van der Waals surface area contributed by atoms with Crippen LogP contribution >= 0.6 is 11.6 Å². The summed E-state index contributed by atoms with van der Waals surface area (Å²) in [5, 5.41) is 11.4. The van der Waals surface area contributed by atoms with Crippen molar-refractivity contribution >= 4 is 17.3 Å². The third-order valence-electron chi connectivity index (χ3n) is 6.15. The molecule has 2 heterocycles. The summed E-state index contributed by atoms with van der Waals surface area (Å²) in [6, 6.07) is 15.4. The van der Waals surface area contributed by atoms with Gasteiger partial charge in [0.2, 0.25) is 0 Å². The van der Waals surface area contributed by atoms with Crippen LogP contribution in [0.1, 0.15) is 29.8 Å². The second kappa shape index (κ2) is 9.35. The van der Waals surface area contributed by atoms with Crippen LogP contribution in [-0.2, 0) is 6.54 Å². The van der Waals surface area contributed by atoms with Gasteiger partial charge in [-0.15, -0.1) is 0 Å². The molecular weight excluding hydrogens is 429 g/mol. The van der Waals surface area contributed by atoms with Gasteiger partial charge in [0.1, 0.15) is 11.6 Å². The Morgan fingerprint density at radius 3 is 2.44 bits per heavy atom. The maximum Gasteiger partial charge on any atom is 0.259 e. The third kappa shape index (κ3) is 4.25. The van der Waals surface area contributed by atoms with Crippen molar-refractivity contribution < 1.29 is 9.50 Å². The van der Waals surface area contributed by atoms with E-state index in [4.69, 9.17) is 11.6 Å². The molecule has 1 N–H and O–H groups in total. The quantitative estimate of drug-likeness (QED) is 0.611. The number of aryl methyl sites for hydroxylation is 1. The minimum Gasteiger partial charge on any atom is -0.507 e. The van der Waals surface area contributed by atoms with Gasteiger partial charge in [-0.25, -0.2) is 4.39 Å². The highest BCUT2D eigenvalue weighted by Crippen LogP contribution is 2.35. The Morgan fingerprint density at radius 2 is 1.78 bits per heavy atom. The summed E-state index contributed by atoms with van der Waals surface area (Å²) in [6.45, 7) is 6.65. The van der Waals surface area contributed by atoms with Crippen molar-refractivity contribution in [3.05, 3.63) is 92.6 Å². The summed E-state index contributed by atoms with van der Waals surface area (Å²) in [4.78, 5) is 17.6. The average molecular weight is 456 g/mol. The number of aromatic nitrogens is 1. The van der Waals surface area contributed by atoms with Crippen LogP contribution < -0.4 is 10.5 Å². The van der Waals surface area contributed by atoms with Gasteiger partial charge >= 0.3 is 0 Å². The maximum absolute atomic E-state index is 14.3. The molecular formula is C25H27ClFN3O2. The predicted molar refractivity (Wildman–Crippen MR) is 126 cm³/mol. The van der Waals surface area contributed by atoms with Gasteiger partial charge in [-0.1, -0.05) is 35.9 Å². The van der Waals surface area contributed by atoms with Crippen molar-refractivity contribution in [3.63, 3.8) is 0 Å². The molecule has 2 aromatic carbocycles. The average Bonchev–Trinajstić information content (AvgIpc) is 2.77. The van der Waals surface area contributed by atoms with Gasteiger partial charge < -0.3 is 14.6 Å². The minimum atomic E-state index is -0.456. The number of rotatable bonds is 5. The molecule has 0 bridgehead atoms. The summed E-state index contributed by atoms with van der Waals surface area (Å²) in [5.74, 6) is -0.256. The van der Waals surface area contributed by atoms with E-state index >= 15 is 0 Å². The van der Waals surface area contributed by atoms with Crippen LogP contribution in [0.25, 0.3) is 0 Å². The molecule has 1 aliphatic rings. The zero-order valence-corrected chi connectivity index (χ0v) is 19.0. The second-order valence-electron chi connectivity index (χ2n) is 8.07. The van der Waals surface area contributed by atoms with Crippen molar-refractivity contribution in [2.24, 2.45) is 0 Å². The number of piperazine rings is 1. The largest absolute Gasteiger partial charge is 0.507 e. The summed E-state index contributed by atoms with van der Waals surface area (Å²) < 4.78 is 16.0. The van der Waals surface area contributed by atoms with Crippen LogP contribution in [0.2, 0.25) is 5.02 Å². The molecule has 3 aromatic rings. The molecule has 0 amide bonds. The lowest BCUT2D eigenvalue weighted by molar-refractivity contribution is 0.207. The molecule has 1 aliphatic heterocycles. The highest BCUT2D eigenvalue weighted by Gasteiger charge is 2.32. The van der Waals surface area contributed by atoms with Gasteiger partial charge in [-0.05, 0) is 49.7 Å². The molecule has 1 aromatic heterocycles. The Morgan fingerprint density at radius 1 is 1.06 bits per heavy atom. The molecule has 0 aliphatic carbocycles. The highest BCUT2D eigenvalue weighted by molar-refractivity contribution is 6.30. The van der Waals surface area contributed by atoms with Crippen LogP contribution in [0.5, 0.6) is 5.75 Å². The van der Waals surface area contributed by atoms with E-state index in [0.29, 0.717) is 54.7 Å². The highest BCUT2D eigenvalue weighted by atomic mass is 35.5. The SMILES string of the molecule is CCn1c(C)cc(O)c([C@@H](c2cccc(Cl)c2)N2CCN(c3ccccc3F)CC2)c1=O. The standard InChI is InChI=1S/C25H27ClFN3O2/c1-3-30-17(2)15-22(31)23(25(30)32)24(18-7-6-8-19(26)16-18)29-13-11-28(12-14-29)21-10-5-4-9-20(21)27/h4-10,15-16,24,31H,3,11-14H2,1-2H3/t24-/m1/s1. The number of halogens is 2. The number of para-hydroxylation sites is 1. The molecule has 0 saturated carbocycles. The summed E-state index contributed by atoms with van der Waals surface area (Å²) >= 11 is 6.29. The van der Waals surface area contributed by atoms with E-state index in [1.54, 1.807) is 28.8 Å². The van der Waals surface area contributed by atoms with Gasteiger partial charge in [0.25, 0.3) is 5.56 Å². The molecule has 1 saturated heterocycles. The first kappa shape index (κ1) is 22.4. The van der Waals surface area contributed by atoms with Crippen molar-refractivity contribution in [1.82, 2.24) is 9.47 Å². The monoisotopic (exact) mass is 455 g/mol. The minimum absolute atomic E-state index is 0.0151. The molecule has 4 rings (SSSR count). The summed E-state index contributed by atoms with van der Waals surface area (Å²) in [5.41, 5.74) is 2.28. The van der Waals surface area contributed by atoms with Crippen molar-refractivity contribution in [1.29, 1.82) is 0 Å². The molecule has 0 radical (unpaired) electrons. The summed E-state index contributed by atoms with van der Waals surface area (Å²) in [7, 11) is 0. The fraction of sp³-hybridized carbons (Fsp3) is 0.320. The van der Waals surface area contributed by atoms with Gasteiger partial charge in [0.05, 0.1) is 17.3 Å². The predicted octanol–water partition coefficient (Wildman–Crippen LogP) is 4.59.